The topological polar surface area (TPSA) is 85.2 Å². The number of likely N-dealkylation sites (tertiary alicyclic amines) is 1. The van der Waals surface area contributed by atoms with Crippen molar-refractivity contribution in [2.45, 2.75) is 50.6 Å². The molecule has 1 aliphatic carbocycles. The largest absolute Gasteiger partial charge is 0.339 e. The molecule has 2 fully saturated rings. The quantitative estimate of drug-likeness (QED) is 0.933. The highest BCUT2D eigenvalue weighted by Gasteiger charge is 2.38. The minimum atomic E-state index is 0.0164. The fourth-order valence-electron chi connectivity index (χ4n) is 3.77. The zero-order valence-corrected chi connectivity index (χ0v) is 13.6. The standard InChI is InChI=1S/C18H22N4O2/c19-10-12-5-7-13(8-6-12)17-20-18(24-21-17)14-9-16(23)22(11-14)15-3-1-2-4-15/h5-8,14-15H,1-4,9-11,19H2. The van der Waals surface area contributed by atoms with Crippen molar-refractivity contribution >= 4 is 5.91 Å². The van der Waals surface area contributed by atoms with Crippen LogP contribution in [0, 0.1) is 0 Å². The van der Waals surface area contributed by atoms with Gasteiger partial charge in [-0.05, 0) is 18.4 Å². The Bertz CT molecular complexity index is 719. The van der Waals surface area contributed by atoms with E-state index in [0.29, 0.717) is 37.3 Å². The van der Waals surface area contributed by atoms with E-state index in [9.17, 15) is 4.79 Å². The van der Waals surface area contributed by atoms with Crippen LogP contribution in [0.5, 0.6) is 0 Å². The molecule has 6 heteroatoms. The fourth-order valence-corrected chi connectivity index (χ4v) is 3.77. The van der Waals surface area contributed by atoms with Crippen molar-refractivity contribution in [2.24, 2.45) is 5.73 Å². The van der Waals surface area contributed by atoms with E-state index in [1.54, 1.807) is 0 Å². The molecule has 4 rings (SSSR count). The first-order valence-electron chi connectivity index (χ1n) is 8.67. The molecule has 0 spiro atoms. The van der Waals surface area contributed by atoms with Gasteiger partial charge in [-0.25, -0.2) is 0 Å². The fraction of sp³-hybridized carbons (Fsp3) is 0.500. The van der Waals surface area contributed by atoms with E-state index in [0.717, 1.165) is 24.0 Å². The number of benzene rings is 1. The minimum Gasteiger partial charge on any atom is -0.339 e. The molecule has 6 nitrogen and oxygen atoms in total. The Morgan fingerprint density at radius 1 is 1.21 bits per heavy atom. The van der Waals surface area contributed by atoms with Crippen molar-refractivity contribution < 1.29 is 9.32 Å². The third kappa shape index (κ3) is 2.82. The van der Waals surface area contributed by atoms with Gasteiger partial charge in [0.25, 0.3) is 0 Å². The van der Waals surface area contributed by atoms with Crippen LogP contribution < -0.4 is 5.73 Å². The summed E-state index contributed by atoms with van der Waals surface area (Å²) in [5, 5.41) is 4.09. The molecule has 24 heavy (non-hydrogen) atoms. The summed E-state index contributed by atoms with van der Waals surface area (Å²) < 4.78 is 5.45. The van der Waals surface area contributed by atoms with Crippen LogP contribution in [0.3, 0.4) is 0 Å². The number of hydrogen-bond donors (Lipinski definition) is 1. The predicted molar refractivity (Wildman–Crippen MR) is 89.0 cm³/mol. The van der Waals surface area contributed by atoms with E-state index >= 15 is 0 Å². The number of nitrogens with zero attached hydrogens (tertiary/aromatic N) is 3. The highest BCUT2D eigenvalue weighted by atomic mass is 16.5. The smallest absolute Gasteiger partial charge is 0.232 e. The lowest BCUT2D eigenvalue weighted by Gasteiger charge is -2.23. The molecule has 0 radical (unpaired) electrons. The third-order valence-electron chi connectivity index (χ3n) is 5.16. The Hall–Kier alpha value is -2.21. The summed E-state index contributed by atoms with van der Waals surface area (Å²) in [6.45, 7) is 1.22. The van der Waals surface area contributed by atoms with E-state index in [-0.39, 0.29) is 11.8 Å². The molecule has 2 aromatic rings. The predicted octanol–water partition coefficient (Wildman–Crippen LogP) is 2.45. The molecule has 2 N–H and O–H groups in total. The van der Waals surface area contributed by atoms with E-state index in [4.69, 9.17) is 10.3 Å². The molecule has 1 atom stereocenters. The van der Waals surface area contributed by atoms with Crippen molar-refractivity contribution in [3.63, 3.8) is 0 Å². The number of hydrogen-bond acceptors (Lipinski definition) is 5. The SMILES string of the molecule is NCc1ccc(-c2noc(C3CC(=O)N(C4CCCC4)C3)n2)cc1. The van der Waals surface area contributed by atoms with Crippen LogP contribution in [0.25, 0.3) is 11.4 Å². The van der Waals surface area contributed by atoms with Gasteiger partial charge in [-0.1, -0.05) is 42.3 Å². The van der Waals surface area contributed by atoms with Gasteiger partial charge in [0.1, 0.15) is 0 Å². The molecular formula is C18H22N4O2. The molecule has 126 valence electrons. The summed E-state index contributed by atoms with van der Waals surface area (Å²) in [4.78, 5) is 18.9. The van der Waals surface area contributed by atoms with Crippen molar-refractivity contribution in [3.05, 3.63) is 35.7 Å². The van der Waals surface area contributed by atoms with Crippen LogP contribution in [-0.4, -0.2) is 33.5 Å². The second-order valence-corrected chi connectivity index (χ2v) is 6.74. The maximum Gasteiger partial charge on any atom is 0.232 e. The Labute approximate surface area is 141 Å². The van der Waals surface area contributed by atoms with Crippen LogP contribution >= 0.6 is 0 Å². The number of rotatable bonds is 4. The van der Waals surface area contributed by atoms with E-state index in [2.05, 4.69) is 10.1 Å². The van der Waals surface area contributed by atoms with Crippen molar-refractivity contribution in [1.82, 2.24) is 15.0 Å². The third-order valence-corrected chi connectivity index (χ3v) is 5.16. The molecule has 0 bridgehead atoms. The summed E-state index contributed by atoms with van der Waals surface area (Å²) in [5.74, 6) is 1.38. The monoisotopic (exact) mass is 326 g/mol. The Morgan fingerprint density at radius 2 is 1.96 bits per heavy atom. The van der Waals surface area contributed by atoms with Crippen LogP contribution in [-0.2, 0) is 11.3 Å². The first kappa shape index (κ1) is 15.3. The average Bonchev–Trinajstić information content (AvgIpc) is 3.35. The zero-order valence-electron chi connectivity index (χ0n) is 13.6. The van der Waals surface area contributed by atoms with Crippen molar-refractivity contribution in [3.8, 4) is 11.4 Å². The maximum atomic E-state index is 12.3. The first-order chi connectivity index (χ1) is 11.7. The molecule has 2 aliphatic rings. The molecule has 1 saturated carbocycles. The van der Waals surface area contributed by atoms with Gasteiger partial charge >= 0.3 is 0 Å². The van der Waals surface area contributed by atoms with Gasteiger partial charge in [0.05, 0.1) is 5.92 Å². The Balaban J connectivity index is 1.49. The normalized spacial score (nSPS) is 21.8. The van der Waals surface area contributed by atoms with Gasteiger partial charge in [0.15, 0.2) is 0 Å². The highest BCUT2D eigenvalue weighted by molar-refractivity contribution is 5.80. The van der Waals surface area contributed by atoms with E-state index in [1.807, 2.05) is 29.2 Å². The van der Waals surface area contributed by atoms with Crippen LogP contribution in [0.15, 0.2) is 28.8 Å². The van der Waals surface area contributed by atoms with Crippen molar-refractivity contribution in [2.75, 3.05) is 6.54 Å². The summed E-state index contributed by atoms with van der Waals surface area (Å²) >= 11 is 0. The lowest BCUT2D eigenvalue weighted by atomic mass is 10.1. The molecule has 1 aromatic heterocycles. The minimum absolute atomic E-state index is 0.0164. The van der Waals surface area contributed by atoms with Gasteiger partial charge in [-0.15, -0.1) is 0 Å². The van der Waals surface area contributed by atoms with E-state index in [1.165, 1.54) is 12.8 Å². The number of nitrogens with two attached hydrogens (primary N) is 1. The molecule has 2 heterocycles. The molecular weight excluding hydrogens is 304 g/mol. The highest BCUT2D eigenvalue weighted by Crippen LogP contribution is 2.34. The molecule has 1 saturated heterocycles. The van der Waals surface area contributed by atoms with Crippen LogP contribution in [0.2, 0.25) is 0 Å². The molecule has 1 aromatic carbocycles. The number of amides is 1. The summed E-state index contributed by atoms with van der Waals surface area (Å²) in [7, 11) is 0. The van der Waals surface area contributed by atoms with Gasteiger partial charge in [-0.2, -0.15) is 4.98 Å². The lowest BCUT2D eigenvalue weighted by Crippen LogP contribution is -2.34. The van der Waals surface area contributed by atoms with E-state index < -0.39 is 0 Å². The van der Waals surface area contributed by atoms with Gasteiger partial charge in [0.2, 0.25) is 17.6 Å². The number of aromatic nitrogens is 2. The van der Waals surface area contributed by atoms with Crippen molar-refractivity contribution in [1.29, 1.82) is 0 Å². The molecule has 1 amide bonds. The summed E-state index contributed by atoms with van der Waals surface area (Å²) in [6, 6.07) is 8.23. The summed E-state index contributed by atoms with van der Waals surface area (Å²) in [5.41, 5.74) is 7.58. The molecule has 1 unspecified atom stereocenters. The second-order valence-electron chi connectivity index (χ2n) is 6.74. The average molecular weight is 326 g/mol. The van der Waals surface area contributed by atoms with Gasteiger partial charge in [0, 0.05) is 31.1 Å². The maximum absolute atomic E-state index is 12.3. The van der Waals surface area contributed by atoms with Gasteiger partial charge < -0.3 is 15.2 Å². The van der Waals surface area contributed by atoms with Gasteiger partial charge in [-0.3, -0.25) is 4.79 Å². The zero-order chi connectivity index (χ0) is 16.5. The number of carbonyl (C=O) groups is 1. The first-order valence-corrected chi connectivity index (χ1v) is 8.67. The lowest BCUT2D eigenvalue weighted by molar-refractivity contribution is -0.129. The van der Waals surface area contributed by atoms with Crippen LogP contribution in [0.1, 0.15) is 49.5 Å². The number of carbonyl (C=O) groups excluding carboxylic acids is 1. The molecule has 1 aliphatic heterocycles. The summed E-state index contributed by atoms with van der Waals surface area (Å²) in [6.07, 6.45) is 5.18. The second kappa shape index (κ2) is 6.36. The van der Waals surface area contributed by atoms with Crippen LogP contribution in [0.4, 0.5) is 0 Å². The Kier molecular flexibility index (Phi) is 4.06. The Morgan fingerprint density at radius 3 is 2.67 bits per heavy atom.